The molecule has 1 aliphatic rings. The number of hydroxylamine groups is 2. The molecule has 0 aromatic rings. The Kier molecular flexibility index (Phi) is 3.21. The van der Waals surface area contributed by atoms with E-state index in [9.17, 15) is 5.21 Å². The van der Waals surface area contributed by atoms with Gasteiger partial charge in [-0.3, -0.25) is 0 Å². The van der Waals surface area contributed by atoms with Crippen LogP contribution < -0.4 is 0 Å². The topological polar surface area (TPSA) is 52.6 Å². The minimum Gasteiger partial charge on any atom is -0.371 e. The van der Waals surface area contributed by atoms with Gasteiger partial charge in [-0.25, -0.2) is 0 Å². The summed E-state index contributed by atoms with van der Waals surface area (Å²) in [6.07, 6.45) is 1.32. The first kappa shape index (κ1) is 11.9. The molecular formula is C10H20NO3. The second-order valence-corrected chi connectivity index (χ2v) is 5.25. The first-order valence-electron chi connectivity index (χ1n) is 4.99. The summed E-state index contributed by atoms with van der Waals surface area (Å²) in [5.41, 5.74) is -0.830. The lowest BCUT2D eigenvalue weighted by Gasteiger charge is -2.49. The zero-order valence-corrected chi connectivity index (χ0v) is 9.41. The Hall–Kier alpha value is -0.160. The minimum absolute atomic E-state index is 0.0183. The standard InChI is InChI=1S/C10H20NO3/c1-9(2)5-8(14-7-12)6-10(3,4)11(9)13/h8,12H,5-7H2,1-4H3. The Morgan fingerprint density at radius 1 is 1.29 bits per heavy atom. The number of nitrogens with zero attached hydrogens (tertiary/aromatic N) is 1. The Bertz CT molecular complexity index is 186. The minimum atomic E-state index is -0.415. The van der Waals surface area contributed by atoms with Crippen LogP contribution in [0.1, 0.15) is 40.5 Å². The van der Waals surface area contributed by atoms with Gasteiger partial charge < -0.3 is 9.84 Å². The third-order valence-electron chi connectivity index (χ3n) is 2.86. The van der Waals surface area contributed by atoms with Gasteiger partial charge in [-0.1, -0.05) is 0 Å². The van der Waals surface area contributed by atoms with Crippen LogP contribution in [0.2, 0.25) is 0 Å². The van der Waals surface area contributed by atoms with Gasteiger partial charge in [0.2, 0.25) is 0 Å². The van der Waals surface area contributed by atoms with E-state index in [1.54, 1.807) is 0 Å². The molecule has 4 nitrogen and oxygen atoms in total. The number of piperidine rings is 1. The zero-order chi connectivity index (χ0) is 11.0. The summed E-state index contributed by atoms with van der Waals surface area (Å²) in [4.78, 5) is 0. The molecule has 0 saturated carbocycles. The van der Waals surface area contributed by atoms with Crippen LogP contribution in [0.15, 0.2) is 0 Å². The van der Waals surface area contributed by atoms with Crippen LogP contribution in [0.3, 0.4) is 0 Å². The fraction of sp³-hybridized carbons (Fsp3) is 1.00. The largest absolute Gasteiger partial charge is 0.371 e. The molecule has 0 aliphatic carbocycles. The van der Waals surface area contributed by atoms with Crippen LogP contribution in [0, 0.1) is 0 Å². The van der Waals surface area contributed by atoms with E-state index >= 15 is 0 Å². The molecule has 0 bridgehead atoms. The Morgan fingerprint density at radius 3 is 2.07 bits per heavy atom. The van der Waals surface area contributed by atoms with Crippen molar-refractivity contribution in [1.82, 2.24) is 5.06 Å². The number of ether oxygens (including phenoxy) is 1. The predicted octanol–water partition coefficient (Wildman–Crippen LogP) is 1.32. The number of aliphatic hydroxyl groups excluding tert-OH is 1. The molecule has 4 heteroatoms. The van der Waals surface area contributed by atoms with E-state index in [1.165, 1.54) is 0 Å². The Labute approximate surface area is 85.4 Å². The molecular weight excluding hydrogens is 182 g/mol. The normalized spacial score (nSPS) is 27.9. The number of aliphatic hydroxyl groups is 1. The van der Waals surface area contributed by atoms with Crippen LogP contribution in [-0.2, 0) is 9.94 Å². The zero-order valence-electron chi connectivity index (χ0n) is 9.41. The van der Waals surface area contributed by atoms with Gasteiger partial charge in [-0.2, -0.15) is 0 Å². The second kappa shape index (κ2) is 3.77. The monoisotopic (exact) mass is 202 g/mol. The summed E-state index contributed by atoms with van der Waals surface area (Å²) in [7, 11) is 0. The first-order valence-corrected chi connectivity index (χ1v) is 4.99. The quantitative estimate of drug-likeness (QED) is 0.687. The molecule has 0 amide bonds. The molecule has 1 saturated heterocycles. The van der Waals surface area contributed by atoms with Crippen molar-refractivity contribution in [3.8, 4) is 0 Å². The molecule has 14 heavy (non-hydrogen) atoms. The van der Waals surface area contributed by atoms with E-state index in [1.807, 2.05) is 27.7 Å². The maximum Gasteiger partial charge on any atom is 0.143 e. The molecule has 1 fully saturated rings. The molecule has 0 atom stereocenters. The SMILES string of the molecule is CC1(C)CC(OCO)CC(C)(C)N1[O]. The second-order valence-electron chi connectivity index (χ2n) is 5.25. The van der Waals surface area contributed by atoms with Gasteiger partial charge in [0.1, 0.15) is 6.79 Å². The highest BCUT2D eigenvalue weighted by molar-refractivity contribution is 4.96. The molecule has 0 aromatic carbocycles. The van der Waals surface area contributed by atoms with Crippen LogP contribution in [0.25, 0.3) is 0 Å². The molecule has 1 heterocycles. The van der Waals surface area contributed by atoms with E-state index < -0.39 is 11.1 Å². The summed E-state index contributed by atoms with van der Waals surface area (Å²) in [5.74, 6) is 0. The van der Waals surface area contributed by atoms with Gasteiger partial charge >= 0.3 is 0 Å². The molecule has 1 radical (unpaired) electrons. The highest BCUT2D eigenvalue weighted by Crippen LogP contribution is 2.37. The number of hydrogen-bond donors (Lipinski definition) is 1. The van der Waals surface area contributed by atoms with E-state index in [-0.39, 0.29) is 12.9 Å². The summed E-state index contributed by atoms with van der Waals surface area (Å²) in [6.45, 7) is 7.38. The third kappa shape index (κ3) is 2.25. The summed E-state index contributed by atoms with van der Waals surface area (Å²) < 4.78 is 5.19. The summed E-state index contributed by atoms with van der Waals surface area (Å²) in [6, 6.07) is 0. The lowest BCUT2D eigenvalue weighted by molar-refractivity contribution is -0.303. The molecule has 0 spiro atoms. The van der Waals surface area contributed by atoms with Gasteiger partial charge in [-0.15, -0.1) is 10.3 Å². The molecule has 1 aliphatic heterocycles. The van der Waals surface area contributed by atoms with Crippen LogP contribution in [0.5, 0.6) is 0 Å². The first-order chi connectivity index (χ1) is 6.29. The molecule has 0 unspecified atom stereocenters. The van der Waals surface area contributed by atoms with Crippen molar-refractivity contribution in [3.05, 3.63) is 0 Å². The van der Waals surface area contributed by atoms with E-state index in [0.29, 0.717) is 12.8 Å². The lowest BCUT2D eigenvalue weighted by atomic mass is 9.80. The van der Waals surface area contributed by atoms with Crippen LogP contribution >= 0.6 is 0 Å². The molecule has 0 aromatic heterocycles. The van der Waals surface area contributed by atoms with Crippen molar-refractivity contribution in [2.75, 3.05) is 6.79 Å². The smallest absolute Gasteiger partial charge is 0.143 e. The molecule has 1 rings (SSSR count). The van der Waals surface area contributed by atoms with Gasteiger partial charge in [-0.05, 0) is 40.5 Å². The average Bonchev–Trinajstić information content (AvgIpc) is 1.99. The third-order valence-corrected chi connectivity index (χ3v) is 2.86. The van der Waals surface area contributed by atoms with Crippen LogP contribution in [0.4, 0.5) is 0 Å². The Balaban J connectivity index is 2.75. The molecule has 83 valence electrons. The van der Waals surface area contributed by atoms with Crippen molar-refractivity contribution in [2.45, 2.75) is 57.7 Å². The van der Waals surface area contributed by atoms with Crippen molar-refractivity contribution in [3.63, 3.8) is 0 Å². The average molecular weight is 202 g/mol. The van der Waals surface area contributed by atoms with E-state index in [4.69, 9.17) is 9.84 Å². The maximum atomic E-state index is 11.9. The van der Waals surface area contributed by atoms with Crippen LogP contribution in [-0.4, -0.2) is 34.1 Å². The van der Waals surface area contributed by atoms with E-state index in [2.05, 4.69) is 0 Å². The number of rotatable bonds is 2. The maximum absolute atomic E-state index is 11.9. The Morgan fingerprint density at radius 2 is 1.71 bits per heavy atom. The van der Waals surface area contributed by atoms with Gasteiger partial charge in [0.05, 0.1) is 6.10 Å². The highest BCUT2D eigenvalue weighted by Gasteiger charge is 2.46. The van der Waals surface area contributed by atoms with Crippen molar-refractivity contribution < 1.29 is 15.1 Å². The summed E-state index contributed by atoms with van der Waals surface area (Å²) in [5, 5.41) is 21.8. The fourth-order valence-corrected chi connectivity index (χ4v) is 2.39. The van der Waals surface area contributed by atoms with Gasteiger partial charge in [0.25, 0.3) is 0 Å². The fourth-order valence-electron chi connectivity index (χ4n) is 2.39. The van der Waals surface area contributed by atoms with Gasteiger partial charge in [0.15, 0.2) is 0 Å². The van der Waals surface area contributed by atoms with Crippen molar-refractivity contribution in [2.24, 2.45) is 0 Å². The van der Waals surface area contributed by atoms with Crippen molar-refractivity contribution >= 4 is 0 Å². The van der Waals surface area contributed by atoms with Crippen molar-refractivity contribution in [1.29, 1.82) is 0 Å². The highest BCUT2D eigenvalue weighted by atomic mass is 16.6. The predicted molar refractivity (Wildman–Crippen MR) is 51.9 cm³/mol. The number of hydrogen-bond acceptors (Lipinski definition) is 3. The summed E-state index contributed by atoms with van der Waals surface area (Å²) >= 11 is 0. The lowest BCUT2D eigenvalue weighted by Crippen LogP contribution is -2.59. The van der Waals surface area contributed by atoms with E-state index in [0.717, 1.165) is 5.06 Å². The van der Waals surface area contributed by atoms with Gasteiger partial charge in [0, 0.05) is 11.1 Å². The molecule has 1 N–H and O–H groups in total.